The Hall–Kier alpha value is -2.63. The van der Waals surface area contributed by atoms with Gasteiger partial charge in [0.05, 0.1) is 24.7 Å². The van der Waals surface area contributed by atoms with E-state index in [1.54, 1.807) is 6.07 Å². The van der Waals surface area contributed by atoms with Crippen molar-refractivity contribution < 1.29 is 14.1 Å². The molecule has 2 amide bonds. The molecule has 1 atom stereocenters. The first-order valence-electron chi connectivity index (χ1n) is 7.28. The third-order valence-corrected chi connectivity index (χ3v) is 3.71. The van der Waals surface area contributed by atoms with Crippen molar-refractivity contribution in [2.45, 2.75) is 32.4 Å². The monoisotopic (exact) mass is 299 g/mol. The fourth-order valence-electron chi connectivity index (χ4n) is 2.53. The third kappa shape index (κ3) is 2.86. The molecule has 2 aromatic rings. The second-order valence-corrected chi connectivity index (χ2v) is 5.23. The number of benzene rings is 1. The minimum atomic E-state index is -0.273. The van der Waals surface area contributed by atoms with E-state index in [4.69, 9.17) is 4.52 Å². The Morgan fingerprint density at radius 3 is 3.00 bits per heavy atom. The zero-order valence-corrected chi connectivity index (χ0v) is 12.3. The lowest BCUT2D eigenvalue weighted by Crippen LogP contribution is -2.28. The lowest BCUT2D eigenvalue weighted by atomic mass is 10.0. The van der Waals surface area contributed by atoms with Crippen molar-refractivity contribution in [2.75, 3.05) is 0 Å². The molecule has 1 aliphatic heterocycles. The number of nitrogens with zero attached hydrogens (tertiary/aromatic N) is 1. The Morgan fingerprint density at radius 2 is 2.23 bits per heavy atom. The van der Waals surface area contributed by atoms with E-state index in [2.05, 4.69) is 15.8 Å². The van der Waals surface area contributed by atoms with Crippen LogP contribution in [0.25, 0.3) is 0 Å². The quantitative estimate of drug-likeness (QED) is 0.880. The Bertz CT molecular complexity index is 708. The fourth-order valence-corrected chi connectivity index (χ4v) is 2.53. The highest BCUT2D eigenvalue weighted by Crippen LogP contribution is 2.27. The van der Waals surface area contributed by atoms with E-state index in [1.807, 2.05) is 31.2 Å². The molecule has 1 aromatic heterocycles. The molecule has 6 nitrogen and oxygen atoms in total. The number of carbonyl (C=O) groups excluding carboxylic acids is 2. The number of rotatable bonds is 5. The fraction of sp³-hybridized carbons (Fsp3) is 0.312. The summed E-state index contributed by atoms with van der Waals surface area (Å²) in [6.45, 7) is 2.29. The number of aromatic nitrogens is 1. The van der Waals surface area contributed by atoms with Crippen LogP contribution in [0.1, 0.15) is 46.8 Å². The van der Waals surface area contributed by atoms with Crippen molar-refractivity contribution in [1.29, 1.82) is 0 Å². The molecule has 1 aromatic carbocycles. The zero-order chi connectivity index (χ0) is 15.5. The van der Waals surface area contributed by atoms with Crippen molar-refractivity contribution >= 4 is 11.8 Å². The van der Waals surface area contributed by atoms with Gasteiger partial charge in [-0.1, -0.05) is 30.3 Å². The van der Waals surface area contributed by atoms with Gasteiger partial charge in [0.15, 0.2) is 5.76 Å². The summed E-state index contributed by atoms with van der Waals surface area (Å²) in [4.78, 5) is 23.8. The van der Waals surface area contributed by atoms with Crippen LogP contribution in [0.5, 0.6) is 0 Å². The van der Waals surface area contributed by atoms with E-state index in [0.717, 1.165) is 17.7 Å². The van der Waals surface area contributed by atoms with Crippen molar-refractivity contribution in [3.05, 3.63) is 52.9 Å². The Labute approximate surface area is 127 Å². The normalized spacial score (nSPS) is 16.2. The van der Waals surface area contributed by atoms with Crippen LogP contribution >= 0.6 is 0 Å². The molecule has 0 spiro atoms. The van der Waals surface area contributed by atoms with Gasteiger partial charge in [-0.05, 0) is 18.1 Å². The summed E-state index contributed by atoms with van der Waals surface area (Å²) in [5, 5.41) is 9.48. The molecule has 114 valence electrons. The molecule has 1 aliphatic rings. The van der Waals surface area contributed by atoms with Crippen LogP contribution in [0, 0.1) is 0 Å². The maximum Gasteiger partial charge on any atom is 0.252 e. The molecule has 2 heterocycles. The predicted octanol–water partition coefficient (Wildman–Crippen LogP) is 1.73. The van der Waals surface area contributed by atoms with Crippen LogP contribution in [0.3, 0.4) is 0 Å². The van der Waals surface area contributed by atoms with E-state index in [9.17, 15) is 9.59 Å². The first-order chi connectivity index (χ1) is 10.7. The van der Waals surface area contributed by atoms with Gasteiger partial charge in [-0.2, -0.15) is 0 Å². The van der Waals surface area contributed by atoms with E-state index >= 15 is 0 Å². The molecular weight excluding hydrogens is 282 g/mol. The number of hydrogen-bond donors (Lipinski definition) is 2. The summed E-state index contributed by atoms with van der Waals surface area (Å²) in [5.41, 5.74) is 2.37. The van der Waals surface area contributed by atoms with Gasteiger partial charge >= 0.3 is 0 Å². The largest absolute Gasteiger partial charge is 0.359 e. The Kier molecular flexibility index (Phi) is 3.91. The average molecular weight is 299 g/mol. The van der Waals surface area contributed by atoms with Crippen LogP contribution in [-0.2, 0) is 17.8 Å². The van der Waals surface area contributed by atoms with Crippen LogP contribution in [-0.4, -0.2) is 17.0 Å². The molecule has 0 saturated heterocycles. The molecule has 0 aliphatic carbocycles. The highest BCUT2D eigenvalue weighted by Gasteiger charge is 2.29. The zero-order valence-electron chi connectivity index (χ0n) is 12.3. The van der Waals surface area contributed by atoms with Crippen molar-refractivity contribution in [3.63, 3.8) is 0 Å². The number of hydrogen-bond acceptors (Lipinski definition) is 4. The van der Waals surface area contributed by atoms with E-state index in [1.165, 1.54) is 0 Å². The predicted molar refractivity (Wildman–Crippen MR) is 79.0 cm³/mol. The van der Waals surface area contributed by atoms with Crippen LogP contribution < -0.4 is 10.6 Å². The third-order valence-electron chi connectivity index (χ3n) is 3.71. The van der Waals surface area contributed by atoms with Gasteiger partial charge in [0.1, 0.15) is 0 Å². The summed E-state index contributed by atoms with van der Waals surface area (Å²) < 4.78 is 5.11. The van der Waals surface area contributed by atoms with E-state index in [-0.39, 0.29) is 24.3 Å². The molecule has 6 heteroatoms. The van der Waals surface area contributed by atoms with Crippen molar-refractivity contribution in [2.24, 2.45) is 0 Å². The van der Waals surface area contributed by atoms with Gasteiger partial charge in [0.2, 0.25) is 5.91 Å². The number of fused-ring (bicyclic) bond motifs is 1. The molecule has 0 unspecified atom stereocenters. The van der Waals surface area contributed by atoms with Gasteiger partial charge in [-0.25, -0.2) is 0 Å². The number of aryl methyl sites for hydroxylation is 1. The Morgan fingerprint density at radius 1 is 1.41 bits per heavy atom. The average Bonchev–Trinajstić information content (AvgIpc) is 3.11. The van der Waals surface area contributed by atoms with E-state index in [0.29, 0.717) is 17.9 Å². The van der Waals surface area contributed by atoms with Gasteiger partial charge < -0.3 is 15.2 Å². The van der Waals surface area contributed by atoms with Crippen LogP contribution in [0.15, 0.2) is 34.9 Å². The summed E-state index contributed by atoms with van der Waals surface area (Å²) in [5.74, 6) is 0.355. The van der Waals surface area contributed by atoms with Crippen molar-refractivity contribution in [3.8, 4) is 0 Å². The molecule has 3 rings (SSSR count). The van der Waals surface area contributed by atoms with Crippen molar-refractivity contribution in [1.82, 2.24) is 15.8 Å². The molecular formula is C16H17N3O3. The van der Waals surface area contributed by atoms with Gasteiger partial charge in [0, 0.05) is 11.6 Å². The molecule has 0 bridgehead atoms. The summed E-state index contributed by atoms with van der Waals surface area (Å²) in [6.07, 6.45) is 1.000. The molecule has 0 fully saturated rings. The maximum atomic E-state index is 12.0. The lowest BCUT2D eigenvalue weighted by Gasteiger charge is -2.11. The Balaban J connectivity index is 1.57. The van der Waals surface area contributed by atoms with Gasteiger partial charge in [0.25, 0.3) is 5.91 Å². The second kappa shape index (κ2) is 6.01. The summed E-state index contributed by atoms with van der Waals surface area (Å²) in [6, 6.07) is 8.87. The molecule has 0 radical (unpaired) electrons. The van der Waals surface area contributed by atoms with Gasteiger partial charge in [-0.3, -0.25) is 9.59 Å². The first kappa shape index (κ1) is 14.3. The topological polar surface area (TPSA) is 84.2 Å². The number of nitrogens with one attached hydrogen (secondary N) is 2. The molecule has 0 saturated carbocycles. The van der Waals surface area contributed by atoms with Crippen LogP contribution in [0.2, 0.25) is 0 Å². The number of amides is 2. The van der Waals surface area contributed by atoms with Crippen LogP contribution in [0.4, 0.5) is 0 Å². The smallest absolute Gasteiger partial charge is 0.252 e. The maximum absolute atomic E-state index is 12.0. The standard InChI is InChI=1S/C16H17N3O3/c1-2-10-7-11(22-19-10)9-17-15(20)8-14-12-5-3-4-6-13(12)16(21)18-14/h3-7,14H,2,8-9H2,1H3,(H,17,20)(H,18,21)/t14-/m1/s1. The molecule has 22 heavy (non-hydrogen) atoms. The summed E-state index contributed by atoms with van der Waals surface area (Å²) >= 11 is 0. The molecule has 2 N–H and O–H groups in total. The summed E-state index contributed by atoms with van der Waals surface area (Å²) in [7, 11) is 0. The minimum absolute atomic E-state index is 0.128. The first-order valence-corrected chi connectivity index (χ1v) is 7.28. The lowest BCUT2D eigenvalue weighted by molar-refractivity contribution is -0.121. The highest BCUT2D eigenvalue weighted by atomic mass is 16.5. The second-order valence-electron chi connectivity index (χ2n) is 5.23. The van der Waals surface area contributed by atoms with Gasteiger partial charge in [-0.15, -0.1) is 0 Å². The highest BCUT2D eigenvalue weighted by molar-refractivity contribution is 5.99. The SMILES string of the molecule is CCc1cc(CNC(=O)C[C@H]2NC(=O)c3ccccc32)on1. The van der Waals surface area contributed by atoms with E-state index < -0.39 is 0 Å². The number of carbonyl (C=O) groups is 2. The minimum Gasteiger partial charge on any atom is -0.359 e.